The zero-order valence-electron chi connectivity index (χ0n) is 10.7. The first-order valence-corrected chi connectivity index (χ1v) is 6.19. The molecule has 0 saturated heterocycles. The summed E-state index contributed by atoms with van der Waals surface area (Å²) in [5.74, 6) is 0.0354. The Kier molecular flexibility index (Phi) is 9.46. The van der Waals surface area contributed by atoms with Crippen molar-refractivity contribution in [2.45, 2.75) is 26.1 Å². The Morgan fingerprint density at radius 1 is 1.42 bits per heavy atom. The fourth-order valence-electron chi connectivity index (χ4n) is 1.32. The van der Waals surface area contributed by atoms with Gasteiger partial charge in [-0.15, -0.1) is 0 Å². The predicted molar refractivity (Wildman–Crippen MR) is 62.1 cm³/mol. The van der Waals surface area contributed by atoms with Gasteiger partial charge in [-0.1, -0.05) is 12.1 Å². The van der Waals surface area contributed by atoms with E-state index < -0.39 is 23.6 Å². The van der Waals surface area contributed by atoms with Crippen LogP contribution in [-0.4, -0.2) is 26.1 Å². The van der Waals surface area contributed by atoms with E-state index in [9.17, 15) is 13.6 Å². The maximum absolute atomic E-state index is 10.7. The summed E-state index contributed by atoms with van der Waals surface area (Å²) < 4.78 is 29.3. The Morgan fingerprint density at radius 3 is 2.47 bits per heavy atom. The van der Waals surface area contributed by atoms with Gasteiger partial charge in [-0.05, 0) is 24.1 Å². The van der Waals surface area contributed by atoms with Crippen molar-refractivity contribution in [2.75, 3.05) is 0 Å². The predicted octanol–water partition coefficient (Wildman–Crippen LogP) is -2.32. The van der Waals surface area contributed by atoms with Gasteiger partial charge in [0.1, 0.15) is 5.75 Å². The van der Waals surface area contributed by atoms with Gasteiger partial charge in [0.25, 0.3) is 0 Å². The van der Waals surface area contributed by atoms with Crippen molar-refractivity contribution in [1.29, 1.82) is 0 Å². The quantitative estimate of drug-likeness (QED) is 0.208. The number of benzene rings is 1. The number of hydrogen-bond donors (Lipinski definition) is 1. The molecule has 1 N–H and O–H groups in total. The molecule has 1 rings (SSSR count). The van der Waals surface area contributed by atoms with E-state index in [1.807, 2.05) is 0 Å². The molecule has 0 aliphatic heterocycles. The number of hydrogen-bond acceptors (Lipinski definition) is 6. The molecule has 0 aliphatic rings. The third-order valence-corrected chi connectivity index (χ3v) is 2.43. The van der Waals surface area contributed by atoms with Crippen LogP contribution in [0.3, 0.4) is 0 Å². The average molecular weight is 296 g/mol. The SMILES string of the molecule is CC(=O)Oc1ccc(CCC(O)OS(=O)[O-])cc1.[Na+]. The average Bonchev–Trinajstić information content (AvgIpc) is 2.26. The molecule has 0 heterocycles. The Labute approximate surface area is 135 Å². The third kappa shape index (κ3) is 8.48. The monoisotopic (exact) mass is 296 g/mol. The molecule has 1 aromatic carbocycles. The smallest absolute Gasteiger partial charge is 0.750 e. The molecule has 0 spiro atoms. The Balaban J connectivity index is 0.00000324. The summed E-state index contributed by atoms with van der Waals surface area (Å²) in [6, 6.07) is 6.68. The molecule has 0 fully saturated rings. The van der Waals surface area contributed by atoms with Crippen molar-refractivity contribution in [3.63, 3.8) is 0 Å². The summed E-state index contributed by atoms with van der Waals surface area (Å²) in [7, 11) is 0. The van der Waals surface area contributed by atoms with Crippen molar-refractivity contribution in [3.05, 3.63) is 29.8 Å². The first kappa shape index (κ1) is 18.7. The summed E-state index contributed by atoms with van der Waals surface area (Å²) >= 11 is -2.72. The number of carbonyl (C=O) groups excluding carboxylic acids is 1. The van der Waals surface area contributed by atoms with Crippen LogP contribution in [0.25, 0.3) is 0 Å². The standard InChI is InChI=1S/C11H14O6S.Na/c1-8(12)16-10-5-2-9(3-6-10)4-7-11(13)17-18(14)15;/h2-3,5-6,11,13H,4,7H2,1H3,(H,14,15);/q;+1/p-1. The molecule has 8 heteroatoms. The second-order valence-electron chi connectivity index (χ2n) is 3.53. The van der Waals surface area contributed by atoms with Crippen molar-refractivity contribution < 1.29 is 57.1 Å². The molecule has 0 radical (unpaired) electrons. The summed E-state index contributed by atoms with van der Waals surface area (Å²) in [5, 5.41) is 9.17. The van der Waals surface area contributed by atoms with E-state index in [0.717, 1.165) is 5.56 Å². The zero-order valence-corrected chi connectivity index (χ0v) is 13.5. The van der Waals surface area contributed by atoms with Crippen molar-refractivity contribution >= 4 is 17.3 Å². The second kappa shape index (κ2) is 9.60. The van der Waals surface area contributed by atoms with Crippen LogP contribution >= 0.6 is 0 Å². The van der Waals surface area contributed by atoms with Crippen LogP contribution in [0.5, 0.6) is 5.75 Å². The molecule has 0 aliphatic carbocycles. The van der Waals surface area contributed by atoms with Gasteiger partial charge in [-0.3, -0.25) is 8.98 Å². The number of aryl methyl sites for hydroxylation is 1. The number of aliphatic hydroxyl groups excluding tert-OH is 1. The van der Waals surface area contributed by atoms with E-state index >= 15 is 0 Å². The van der Waals surface area contributed by atoms with Crippen LogP contribution in [0.1, 0.15) is 18.9 Å². The largest absolute Gasteiger partial charge is 1.00 e. The Hall–Kier alpha value is -0.280. The maximum Gasteiger partial charge on any atom is 1.00 e. The molecule has 0 bridgehead atoms. The number of esters is 1. The number of rotatable bonds is 6. The first-order valence-electron chi connectivity index (χ1n) is 5.19. The molecule has 2 unspecified atom stereocenters. The number of ether oxygens (including phenoxy) is 1. The molecule has 0 amide bonds. The minimum Gasteiger partial charge on any atom is -0.750 e. The molecular weight excluding hydrogens is 283 g/mol. The Bertz CT molecular complexity index is 422. The van der Waals surface area contributed by atoms with E-state index in [-0.39, 0.29) is 36.0 Å². The van der Waals surface area contributed by atoms with Gasteiger partial charge in [0.05, 0.1) is 11.4 Å². The molecular formula is C11H13NaO6S. The number of aliphatic hydroxyl groups is 1. The van der Waals surface area contributed by atoms with Crippen LogP contribution in [0, 0.1) is 0 Å². The summed E-state index contributed by atoms with van der Waals surface area (Å²) in [5.41, 5.74) is 0.866. The third-order valence-electron chi connectivity index (χ3n) is 2.05. The van der Waals surface area contributed by atoms with Gasteiger partial charge < -0.3 is 14.4 Å². The van der Waals surface area contributed by atoms with Gasteiger partial charge in [-0.2, -0.15) is 0 Å². The second-order valence-corrected chi connectivity index (χ2v) is 4.13. The minimum absolute atomic E-state index is 0. The number of carbonyl (C=O) groups is 1. The van der Waals surface area contributed by atoms with Gasteiger partial charge >= 0.3 is 35.5 Å². The normalized spacial score (nSPS) is 13.2. The summed E-state index contributed by atoms with van der Waals surface area (Å²) in [6.07, 6.45) is -0.754. The van der Waals surface area contributed by atoms with Gasteiger partial charge in [0, 0.05) is 13.3 Å². The van der Waals surface area contributed by atoms with E-state index in [1.165, 1.54) is 6.92 Å². The summed E-state index contributed by atoms with van der Waals surface area (Å²) in [4.78, 5) is 10.7. The van der Waals surface area contributed by atoms with E-state index in [2.05, 4.69) is 4.18 Å². The summed E-state index contributed by atoms with van der Waals surface area (Å²) in [6.45, 7) is 1.31. The molecule has 1 aromatic rings. The van der Waals surface area contributed by atoms with Crippen LogP contribution in [-0.2, 0) is 26.8 Å². The molecule has 6 nitrogen and oxygen atoms in total. The van der Waals surface area contributed by atoms with Gasteiger partial charge in [-0.25, -0.2) is 4.21 Å². The molecule has 0 aromatic heterocycles. The van der Waals surface area contributed by atoms with Gasteiger partial charge in [0.2, 0.25) is 0 Å². The molecule has 100 valence electrons. The van der Waals surface area contributed by atoms with E-state index in [4.69, 9.17) is 9.84 Å². The topological polar surface area (TPSA) is 95.9 Å². The Morgan fingerprint density at radius 2 is 2.00 bits per heavy atom. The van der Waals surface area contributed by atoms with E-state index in [1.54, 1.807) is 24.3 Å². The molecule has 19 heavy (non-hydrogen) atoms. The fraction of sp³-hybridized carbons (Fsp3) is 0.364. The maximum atomic E-state index is 10.7. The van der Waals surface area contributed by atoms with E-state index in [0.29, 0.717) is 12.2 Å². The van der Waals surface area contributed by atoms with Crippen LogP contribution < -0.4 is 34.3 Å². The molecule has 2 atom stereocenters. The van der Waals surface area contributed by atoms with Crippen molar-refractivity contribution in [3.8, 4) is 5.75 Å². The van der Waals surface area contributed by atoms with Crippen LogP contribution in [0.4, 0.5) is 0 Å². The fourth-order valence-corrected chi connectivity index (χ4v) is 1.60. The zero-order chi connectivity index (χ0) is 13.5. The van der Waals surface area contributed by atoms with Gasteiger partial charge in [0.15, 0.2) is 6.29 Å². The van der Waals surface area contributed by atoms with Crippen molar-refractivity contribution in [1.82, 2.24) is 0 Å². The first-order chi connectivity index (χ1) is 8.47. The van der Waals surface area contributed by atoms with Crippen LogP contribution in [0.2, 0.25) is 0 Å². The molecule has 0 saturated carbocycles. The van der Waals surface area contributed by atoms with Crippen LogP contribution in [0.15, 0.2) is 24.3 Å². The minimum atomic E-state index is -2.72. The van der Waals surface area contributed by atoms with Crippen molar-refractivity contribution in [2.24, 2.45) is 0 Å².